The molecule has 2 atom stereocenters. The molecule has 2 saturated heterocycles. The van der Waals surface area contributed by atoms with Crippen molar-refractivity contribution < 1.29 is 0 Å². The van der Waals surface area contributed by atoms with E-state index in [0.29, 0.717) is 0 Å². The van der Waals surface area contributed by atoms with E-state index >= 15 is 0 Å². The van der Waals surface area contributed by atoms with Gasteiger partial charge in [0.1, 0.15) is 5.82 Å². The Bertz CT molecular complexity index is 386. The zero-order valence-electron chi connectivity index (χ0n) is 11.1. The molecule has 0 amide bonds. The number of piperidine rings is 1. The molecule has 18 heavy (non-hydrogen) atoms. The maximum atomic E-state index is 4.63. The van der Waals surface area contributed by atoms with Gasteiger partial charge in [0.2, 0.25) is 5.13 Å². The van der Waals surface area contributed by atoms with Crippen LogP contribution in [0.3, 0.4) is 0 Å². The van der Waals surface area contributed by atoms with Crippen molar-refractivity contribution in [3.05, 3.63) is 5.82 Å². The average molecular weight is 266 g/mol. The summed E-state index contributed by atoms with van der Waals surface area (Å²) in [6.07, 6.45) is 6.31. The van der Waals surface area contributed by atoms with Crippen LogP contribution < -0.4 is 10.2 Å². The van der Waals surface area contributed by atoms with E-state index in [1.807, 2.05) is 0 Å². The highest BCUT2D eigenvalue weighted by molar-refractivity contribution is 7.09. The first-order valence-corrected chi connectivity index (χ1v) is 7.95. The van der Waals surface area contributed by atoms with Crippen LogP contribution in [-0.4, -0.2) is 35.0 Å². The SMILES string of the molecule is CCc1nsc(N2CCCC(C3CCCN3)C2)n1. The van der Waals surface area contributed by atoms with Gasteiger partial charge in [0.05, 0.1) is 0 Å². The Labute approximate surface area is 113 Å². The van der Waals surface area contributed by atoms with E-state index in [-0.39, 0.29) is 0 Å². The standard InChI is InChI=1S/C13H22N4S/c1-2-12-15-13(18-16-12)17-8-4-5-10(9-17)11-6-3-7-14-11/h10-11,14H,2-9H2,1H3. The van der Waals surface area contributed by atoms with Gasteiger partial charge in [-0.3, -0.25) is 0 Å². The summed E-state index contributed by atoms with van der Waals surface area (Å²) >= 11 is 1.57. The minimum absolute atomic E-state index is 0.742. The second kappa shape index (κ2) is 5.53. The molecule has 2 fully saturated rings. The summed E-state index contributed by atoms with van der Waals surface area (Å²) in [5, 5.41) is 4.79. The van der Waals surface area contributed by atoms with E-state index in [9.17, 15) is 0 Å². The molecule has 2 aliphatic rings. The quantitative estimate of drug-likeness (QED) is 0.909. The summed E-state index contributed by atoms with van der Waals surface area (Å²) in [5.41, 5.74) is 0. The van der Waals surface area contributed by atoms with Gasteiger partial charge >= 0.3 is 0 Å². The molecular formula is C13H22N4S. The van der Waals surface area contributed by atoms with Gasteiger partial charge in [-0.25, -0.2) is 4.98 Å². The van der Waals surface area contributed by atoms with Crippen molar-refractivity contribution in [2.45, 2.75) is 45.1 Å². The zero-order valence-corrected chi connectivity index (χ0v) is 11.9. The number of aryl methyl sites for hydroxylation is 1. The van der Waals surface area contributed by atoms with Gasteiger partial charge in [-0.05, 0) is 38.1 Å². The van der Waals surface area contributed by atoms with Gasteiger partial charge < -0.3 is 10.2 Å². The molecule has 3 heterocycles. The van der Waals surface area contributed by atoms with Crippen LogP contribution in [0, 0.1) is 5.92 Å². The fourth-order valence-corrected chi connectivity index (χ4v) is 3.93. The molecule has 2 unspecified atom stereocenters. The number of aromatic nitrogens is 2. The monoisotopic (exact) mass is 266 g/mol. The molecule has 0 radical (unpaired) electrons. The molecule has 1 aromatic heterocycles. The van der Waals surface area contributed by atoms with Crippen molar-refractivity contribution >= 4 is 16.7 Å². The van der Waals surface area contributed by atoms with Crippen LogP contribution in [0.25, 0.3) is 0 Å². The predicted molar refractivity (Wildman–Crippen MR) is 75.2 cm³/mol. The third kappa shape index (κ3) is 2.52. The van der Waals surface area contributed by atoms with Crippen molar-refractivity contribution in [2.24, 2.45) is 5.92 Å². The Morgan fingerprint density at radius 2 is 2.33 bits per heavy atom. The second-order valence-electron chi connectivity index (χ2n) is 5.40. The summed E-state index contributed by atoms with van der Waals surface area (Å²) in [4.78, 5) is 7.08. The molecule has 1 N–H and O–H groups in total. The van der Waals surface area contributed by atoms with Crippen LogP contribution in [0.5, 0.6) is 0 Å². The zero-order chi connectivity index (χ0) is 12.4. The highest BCUT2D eigenvalue weighted by Gasteiger charge is 2.30. The van der Waals surface area contributed by atoms with Crippen molar-refractivity contribution in [2.75, 3.05) is 24.5 Å². The number of nitrogens with zero attached hydrogens (tertiary/aromatic N) is 3. The summed E-state index contributed by atoms with van der Waals surface area (Å²) < 4.78 is 4.41. The molecule has 0 saturated carbocycles. The fraction of sp³-hybridized carbons (Fsp3) is 0.846. The van der Waals surface area contributed by atoms with E-state index < -0.39 is 0 Å². The smallest absolute Gasteiger partial charge is 0.205 e. The first-order valence-electron chi connectivity index (χ1n) is 7.17. The lowest BCUT2D eigenvalue weighted by Gasteiger charge is -2.35. The van der Waals surface area contributed by atoms with Crippen LogP contribution in [0.1, 0.15) is 38.4 Å². The number of hydrogen-bond donors (Lipinski definition) is 1. The first-order chi connectivity index (χ1) is 8.86. The Morgan fingerprint density at radius 1 is 1.39 bits per heavy atom. The van der Waals surface area contributed by atoms with Crippen molar-refractivity contribution in [3.8, 4) is 0 Å². The maximum Gasteiger partial charge on any atom is 0.205 e. The molecule has 0 aromatic carbocycles. The minimum Gasteiger partial charge on any atom is -0.347 e. The number of hydrogen-bond acceptors (Lipinski definition) is 5. The third-order valence-corrected chi connectivity index (χ3v) is 4.98. The molecule has 100 valence electrons. The molecule has 4 nitrogen and oxygen atoms in total. The third-order valence-electron chi connectivity index (χ3n) is 4.17. The van der Waals surface area contributed by atoms with Crippen LogP contribution in [0.4, 0.5) is 5.13 Å². The van der Waals surface area contributed by atoms with Crippen LogP contribution >= 0.6 is 11.5 Å². The summed E-state index contributed by atoms with van der Waals surface area (Å²) in [7, 11) is 0. The van der Waals surface area contributed by atoms with Crippen LogP contribution in [-0.2, 0) is 6.42 Å². The van der Waals surface area contributed by atoms with Gasteiger partial charge in [0.25, 0.3) is 0 Å². The average Bonchev–Trinajstić information content (AvgIpc) is 3.10. The summed E-state index contributed by atoms with van der Waals surface area (Å²) in [6, 6.07) is 0.742. The molecule has 0 bridgehead atoms. The minimum atomic E-state index is 0.742. The van der Waals surface area contributed by atoms with E-state index in [2.05, 4.69) is 26.5 Å². The lowest BCUT2D eigenvalue weighted by Crippen LogP contribution is -2.43. The molecular weight excluding hydrogens is 244 g/mol. The van der Waals surface area contributed by atoms with E-state index in [0.717, 1.165) is 42.4 Å². The largest absolute Gasteiger partial charge is 0.347 e. The molecule has 3 rings (SSSR count). The van der Waals surface area contributed by atoms with Crippen molar-refractivity contribution in [3.63, 3.8) is 0 Å². The van der Waals surface area contributed by atoms with Crippen LogP contribution in [0.2, 0.25) is 0 Å². The normalized spacial score (nSPS) is 28.8. The number of anilines is 1. The van der Waals surface area contributed by atoms with E-state index in [4.69, 9.17) is 0 Å². The van der Waals surface area contributed by atoms with E-state index in [1.165, 1.54) is 32.2 Å². The molecule has 5 heteroatoms. The lowest BCUT2D eigenvalue weighted by molar-refractivity contribution is 0.328. The predicted octanol–water partition coefficient (Wildman–Crippen LogP) is 2.07. The van der Waals surface area contributed by atoms with Gasteiger partial charge in [-0.1, -0.05) is 6.92 Å². The summed E-state index contributed by atoms with van der Waals surface area (Å²) in [6.45, 7) is 5.64. The van der Waals surface area contributed by atoms with Crippen molar-refractivity contribution in [1.29, 1.82) is 0 Å². The Hall–Kier alpha value is -0.680. The Morgan fingerprint density at radius 3 is 3.06 bits per heavy atom. The van der Waals surface area contributed by atoms with Gasteiger partial charge in [-0.2, -0.15) is 4.37 Å². The number of rotatable bonds is 3. The molecule has 1 aromatic rings. The fourth-order valence-electron chi connectivity index (χ4n) is 3.14. The first kappa shape index (κ1) is 12.4. The maximum absolute atomic E-state index is 4.63. The van der Waals surface area contributed by atoms with E-state index in [1.54, 1.807) is 11.5 Å². The highest BCUT2D eigenvalue weighted by atomic mass is 32.1. The van der Waals surface area contributed by atoms with Gasteiger partial charge in [0, 0.05) is 37.1 Å². The highest BCUT2D eigenvalue weighted by Crippen LogP contribution is 2.28. The Balaban J connectivity index is 1.65. The lowest BCUT2D eigenvalue weighted by atomic mass is 9.90. The summed E-state index contributed by atoms with van der Waals surface area (Å²) in [5.74, 6) is 1.80. The Kier molecular flexibility index (Phi) is 3.80. The van der Waals surface area contributed by atoms with Crippen molar-refractivity contribution in [1.82, 2.24) is 14.7 Å². The molecule has 0 aliphatic carbocycles. The second-order valence-corrected chi connectivity index (χ2v) is 6.13. The molecule has 0 spiro atoms. The van der Waals surface area contributed by atoms with Gasteiger partial charge in [-0.15, -0.1) is 0 Å². The number of nitrogens with one attached hydrogen (secondary N) is 1. The van der Waals surface area contributed by atoms with Crippen LogP contribution in [0.15, 0.2) is 0 Å². The topological polar surface area (TPSA) is 41.1 Å². The molecule has 2 aliphatic heterocycles. The van der Waals surface area contributed by atoms with Gasteiger partial charge in [0.15, 0.2) is 0 Å².